The van der Waals surface area contributed by atoms with Gasteiger partial charge in [-0.15, -0.1) is 0 Å². The topological polar surface area (TPSA) is 37.4 Å². The number of ether oxygens (including phenoxy) is 1. The van der Waals surface area contributed by atoms with Gasteiger partial charge in [0.2, 0.25) is 0 Å². The Bertz CT molecular complexity index is 358. The molecule has 0 aliphatic carbocycles. The molecule has 1 aromatic heterocycles. The summed E-state index contributed by atoms with van der Waals surface area (Å²) in [5.74, 6) is 0.882. The van der Waals surface area contributed by atoms with Crippen molar-refractivity contribution in [2.75, 3.05) is 24.5 Å². The molecule has 1 fully saturated rings. The highest BCUT2D eigenvalue weighted by Gasteiger charge is 2.19. The van der Waals surface area contributed by atoms with Gasteiger partial charge in [-0.3, -0.25) is 0 Å². The number of hydrogen-bond acceptors (Lipinski definition) is 4. The Morgan fingerprint density at radius 2 is 2.35 bits per heavy atom. The Hall–Kier alpha value is -1.43. The van der Waals surface area contributed by atoms with Crippen molar-refractivity contribution in [2.24, 2.45) is 0 Å². The predicted octanol–water partition coefficient (Wildman–Crippen LogP) is 1.48. The lowest BCUT2D eigenvalue weighted by Crippen LogP contribution is -2.50. The molecule has 17 heavy (non-hydrogen) atoms. The van der Waals surface area contributed by atoms with Crippen LogP contribution in [0.5, 0.6) is 5.75 Å². The van der Waals surface area contributed by atoms with Crippen molar-refractivity contribution < 1.29 is 13.5 Å². The van der Waals surface area contributed by atoms with E-state index in [1.807, 2.05) is 0 Å². The third-order valence-electron chi connectivity index (χ3n) is 2.74. The lowest BCUT2D eigenvalue weighted by molar-refractivity contribution is -0.0500. The number of piperazine rings is 1. The van der Waals surface area contributed by atoms with Crippen molar-refractivity contribution >= 4 is 5.82 Å². The molecule has 1 aromatic rings. The molecule has 0 radical (unpaired) electrons. The van der Waals surface area contributed by atoms with Crippen molar-refractivity contribution in [3.63, 3.8) is 0 Å². The molecule has 1 aliphatic heterocycles. The van der Waals surface area contributed by atoms with Crippen molar-refractivity contribution in [3.8, 4) is 5.75 Å². The van der Waals surface area contributed by atoms with Crippen molar-refractivity contribution in [1.82, 2.24) is 10.3 Å². The van der Waals surface area contributed by atoms with Gasteiger partial charge in [0.25, 0.3) is 0 Å². The number of nitrogens with zero attached hydrogens (tertiary/aromatic N) is 2. The maximum Gasteiger partial charge on any atom is 0.387 e. The van der Waals surface area contributed by atoms with Crippen LogP contribution >= 0.6 is 0 Å². The van der Waals surface area contributed by atoms with Crippen molar-refractivity contribution in [1.29, 1.82) is 0 Å². The molecule has 1 aliphatic rings. The van der Waals surface area contributed by atoms with Crippen LogP contribution in [0.25, 0.3) is 0 Å². The van der Waals surface area contributed by atoms with Crippen LogP contribution in [0.3, 0.4) is 0 Å². The van der Waals surface area contributed by atoms with Gasteiger partial charge in [0.1, 0.15) is 11.6 Å². The van der Waals surface area contributed by atoms with Crippen molar-refractivity contribution in [3.05, 3.63) is 18.3 Å². The van der Waals surface area contributed by atoms with E-state index >= 15 is 0 Å². The molecule has 2 heterocycles. The zero-order valence-electron chi connectivity index (χ0n) is 9.57. The summed E-state index contributed by atoms with van der Waals surface area (Å²) in [6.07, 6.45) is 1.33. The summed E-state index contributed by atoms with van der Waals surface area (Å²) >= 11 is 0. The van der Waals surface area contributed by atoms with E-state index in [0.717, 1.165) is 25.5 Å². The molecule has 0 spiro atoms. The van der Waals surface area contributed by atoms with Crippen molar-refractivity contribution in [2.45, 2.75) is 19.6 Å². The second-order valence-electron chi connectivity index (χ2n) is 3.98. The largest absolute Gasteiger partial charge is 0.433 e. The molecule has 1 N–H and O–H groups in total. The normalized spacial score (nSPS) is 20.7. The first-order valence-electron chi connectivity index (χ1n) is 5.55. The quantitative estimate of drug-likeness (QED) is 0.872. The van der Waals surface area contributed by atoms with Gasteiger partial charge in [0.05, 0.1) is 6.20 Å². The molecular weight excluding hydrogens is 228 g/mol. The number of alkyl halides is 2. The third-order valence-corrected chi connectivity index (χ3v) is 2.74. The predicted molar refractivity (Wildman–Crippen MR) is 60.5 cm³/mol. The van der Waals surface area contributed by atoms with Gasteiger partial charge in [-0.05, 0) is 19.1 Å². The molecule has 1 saturated heterocycles. The van der Waals surface area contributed by atoms with E-state index in [0.29, 0.717) is 6.04 Å². The molecule has 0 amide bonds. The maximum absolute atomic E-state index is 12.0. The van der Waals surface area contributed by atoms with Crippen LogP contribution in [-0.4, -0.2) is 37.3 Å². The number of anilines is 1. The first-order valence-corrected chi connectivity index (χ1v) is 5.55. The molecule has 0 aromatic carbocycles. The van der Waals surface area contributed by atoms with E-state index in [-0.39, 0.29) is 5.75 Å². The fourth-order valence-corrected chi connectivity index (χ4v) is 1.90. The molecule has 6 heteroatoms. The molecular formula is C11H15F2N3O. The minimum absolute atomic E-state index is 0.0894. The first kappa shape index (κ1) is 12.0. The zero-order chi connectivity index (χ0) is 12.3. The molecule has 2 rings (SSSR count). The Labute approximate surface area is 98.6 Å². The standard InChI is InChI=1S/C11H15F2N3O/c1-8-6-14-4-5-16(8)10-3-2-9(7-15-10)17-11(12)13/h2-3,7-8,11,14H,4-6H2,1H3. The number of rotatable bonds is 3. The molecule has 0 bridgehead atoms. The number of pyridine rings is 1. The molecule has 0 saturated carbocycles. The zero-order valence-corrected chi connectivity index (χ0v) is 9.57. The Morgan fingerprint density at radius 3 is 2.94 bits per heavy atom. The van der Waals surface area contributed by atoms with Crippen LogP contribution in [0.1, 0.15) is 6.92 Å². The van der Waals surface area contributed by atoms with E-state index in [2.05, 4.69) is 26.9 Å². The van der Waals surface area contributed by atoms with E-state index in [4.69, 9.17) is 0 Å². The fraction of sp³-hybridized carbons (Fsp3) is 0.545. The highest BCUT2D eigenvalue weighted by molar-refractivity contribution is 5.42. The van der Waals surface area contributed by atoms with Gasteiger partial charge in [0.15, 0.2) is 0 Å². The van der Waals surface area contributed by atoms with Crippen LogP contribution in [0, 0.1) is 0 Å². The second-order valence-corrected chi connectivity index (χ2v) is 3.98. The van der Waals surface area contributed by atoms with E-state index in [1.165, 1.54) is 12.3 Å². The summed E-state index contributed by atoms with van der Waals surface area (Å²) in [5, 5.41) is 3.28. The van der Waals surface area contributed by atoms with Gasteiger partial charge in [0, 0.05) is 25.7 Å². The van der Waals surface area contributed by atoms with Gasteiger partial charge < -0.3 is 15.0 Å². The average molecular weight is 243 g/mol. The Balaban J connectivity index is 2.06. The van der Waals surface area contributed by atoms with Gasteiger partial charge >= 0.3 is 6.61 Å². The summed E-state index contributed by atoms with van der Waals surface area (Å²) in [5.41, 5.74) is 0. The summed E-state index contributed by atoms with van der Waals surface area (Å²) in [7, 11) is 0. The minimum Gasteiger partial charge on any atom is -0.433 e. The highest BCUT2D eigenvalue weighted by atomic mass is 19.3. The number of halogens is 2. The fourth-order valence-electron chi connectivity index (χ4n) is 1.90. The SMILES string of the molecule is CC1CNCCN1c1ccc(OC(F)F)cn1. The Kier molecular flexibility index (Phi) is 3.73. The highest BCUT2D eigenvalue weighted by Crippen LogP contribution is 2.19. The first-order chi connectivity index (χ1) is 8.16. The molecule has 1 atom stereocenters. The van der Waals surface area contributed by atoms with E-state index in [1.54, 1.807) is 6.07 Å². The Morgan fingerprint density at radius 1 is 1.53 bits per heavy atom. The van der Waals surface area contributed by atoms with Crippen LogP contribution in [-0.2, 0) is 0 Å². The summed E-state index contributed by atoms with van der Waals surface area (Å²) in [6, 6.07) is 3.57. The summed E-state index contributed by atoms with van der Waals surface area (Å²) in [6.45, 7) is 1.96. The lowest BCUT2D eigenvalue weighted by Gasteiger charge is -2.34. The maximum atomic E-state index is 12.0. The van der Waals surface area contributed by atoms with Crippen LogP contribution < -0.4 is 15.0 Å². The van der Waals surface area contributed by atoms with Crippen LogP contribution in [0.2, 0.25) is 0 Å². The third kappa shape index (κ3) is 3.03. The molecule has 4 nitrogen and oxygen atoms in total. The average Bonchev–Trinajstić information content (AvgIpc) is 2.30. The second kappa shape index (κ2) is 5.27. The summed E-state index contributed by atoms with van der Waals surface area (Å²) < 4.78 is 28.2. The lowest BCUT2D eigenvalue weighted by atomic mass is 10.2. The molecule has 94 valence electrons. The van der Waals surface area contributed by atoms with Crippen LogP contribution in [0.15, 0.2) is 18.3 Å². The number of hydrogen-bond donors (Lipinski definition) is 1. The van der Waals surface area contributed by atoms with E-state index in [9.17, 15) is 8.78 Å². The monoisotopic (exact) mass is 243 g/mol. The minimum atomic E-state index is -2.80. The number of aromatic nitrogens is 1. The number of nitrogens with one attached hydrogen (secondary N) is 1. The molecule has 1 unspecified atom stereocenters. The van der Waals surface area contributed by atoms with Gasteiger partial charge in [-0.2, -0.15) is 8.78 Å². The van der Waals surface area contributed by atoms with Crippen LogP contribution in [0.4, 0.5) is 14.6 Å². The van der Waals surface area contributed by atoms with Gasteiger partial charge in [-0.25, -0.2) is 4.98 Å². The summed E-state index contributed by atoms with van der Waals surface area (Å²) in [4.78, 5) is 6.29. The van der Waals surface area contributed by atoms with E-state index < -0.39 is 6.61 Å². The smallest absolute Gasteiger partial charge is 0.387 e. The van der Waals surface area contributed by atoms with Gasteiger partial charge in [-0.1, -0.05) is 0 Å².